The Labute approximate surface area is 117 Å². The number of halogens is 2. The van der Waals surface area contributed by atoms with E-state index < -0.39 is 17.6 Å². The molecule has 110 valence electrons. The summed E-state index contributed by atoms with van der Waals surface area (Å²) in [6, 6.07) is 2.46. The zero-order chi connectivity index (χ0) is 14.8. The van der Waals surface area contributed by atoms with Crippen LogP contribution in [0.5, 0.6) is 0 Å². The average Bonchev–Trinajstić information content (AvgIpc) is 2.80. The van der Waals surface area contributed by atoms with Gasteiger partial charge in [0.25, 0.3) is 0 Å². The van der Waals surface area contributed by atoms with E-state index in [9.17, 15) is 13.6 Å². The fourth-order valence-electron chi connectivity index (χ4n) is 3.27. The molecule has 0 spiro atoms. The number of aryl methyl sites for hydroxylation is 2. The molecule has 1 saturated carbocycles. The van der Waals surface area contributed by atoms with Crippen molar-refractivity contribution < 1.29 is 18.7 Å². The van der Waals surface area contributed by atoms with Gasteiger partial charge in [-0.2, -0.15) is 0 Å². The summed E-state index contributed by atoms with van der Waals surface area (Å²) in [5, 5.41) is 9.05. The first-order valence-electron chi connectivity index (χ1n) is 7.08. The maximum atomic E-state index is 13.7. The summed E-state index contributed by atoms with van der Waals surface area (Å²) in [6.07, 6.45) is 5.13. The van der Waals surface area contributed by atoms with Gasteiger partial charge >= 0.3 is 5.97 Å². The molecule has 2 nitrogen and oxygen atoms in total. The lowest BCUT2D eigenvalue weighted by Gasteiger charge is -2.27. The van der Waals surface area contributed by atoms with Crippen molar-refractivity contribution >= 4 is 5.97 Å². The molecule has 1 aliphatic rings. The molecule has 1 N–H and O–H groups in total. The van der Waals surface area contributed by atoms with Gasteiger partial charge in [0.15, 0.2) is 0 Å². The van der Waals surface area contributed by atoms with Crippen LogP contribution in [0.25, 0.3) is 0 Å². The highest BCUT2D eigenvalue weighted by molar-refractivity contribution is 5.67. The maximum Gasteiger partial charge on any atom is 0.303 e. The zero-order valence-corrected chi connectivity index (χ0v) is 11.7. The first-order valence-corrected chi connectivity index (χ1v) is 7.08. The van der Waals surface area contributed by atoms with Gasteiger partial charge in [0.2, 0.25) is 0 Å². The molecule has 0 radical (unpaired) electrons. The van der Waals surface area contributed by atoms with Crippen molar-refractivity contribution in [2.24, 2.45) is 5.41 Å². The van der Waals surface area contributed by atoms with E-state index in [4.69, 9.17) is 5.11 Å². The molecule has 1 aliphatic carbocycles. The normalized spacial score (nSPS) is 17.4. The second-order valence-corrected chi connectivity index (χ2v) is 5.97. The Balaban J connectivity index is 2.10. The molecule has 0 heterocycles. The molecule has 0 atom stereocenters. The van der Waals surface area contributed by atoms with E-state index in [0.29, 0.717) is 24.0 Å². The summed E-state index contributed by atoms with van der Waals surface area (Å²) in [5.74, 6) is -1.86. The van der Waals surface area contributed by atoms with Crippen LogP contribution in [0.15, 0.2) is 12.1 Å². The Bertz CT molecular complexity index is 505. The predicted octanol–water partition coefficient (Wildman–Crippen LogP) is 4.24. The van der Waals surface area contributed by atoms with E-state index in [2.05, 4.69) is 0 Å². The van der Waals surface area contributed by atoms with E-state index in [1.165, 1.54) is 6.07 Å². The van der Waals surface area contributed by atoms with Gasteiger partial charge in [-0.25, -0.2) is 8.78 Å². The third-order valence-electron chi connectivity index (χ3n) is 4.44. The van der Waals surface area contributed by atoms with Crippen molar-refractivity contribution in [2.45, 2.75) is 51.9 Å². The number of hydrogen-bond donors (Lipinski definition) is 1. The Morgan fingerprint density at radius 3 is 2.50 bits per heavy atom. The van der Waals surface area contributed by atoms with E-state index in [-0.39, 0.29) is 11.8 Å². The van der Waals surface area contributed by atoms with Gasteiger partial charge in [0.1, 0.15) is 11.6 Å². The van der Waals surface area contributed by atoms with Crippen molar-refractivity contribution in [3.63, 3.8) is 0 Å². The van der Waals surface area contributed by atoms with Crippen molar-refractivity contribution in [1.29, 1.82) is 0 Å². The highest BCUT2D eigenvalue weighted by Gasteiger charge is 2.35. The number of carboxylic acids is 1. The molecule has 0 aromatic heterocycles. The molecule has 1 aromatic rings. The molecule has 0 aliphatic heterocycles. The number of rotatable bonds is 5. The highest BCUT2D eigenvalue weighted by Crippen LogP contribution is 2.44. The Morgan fingerprint density at radius 2 is 1.90 bits per heavy atom. The second kappa shape index (κ2) is 5.90. The van der Waals surface area contributed by atoms with E-state index >= 15 is 0 Å². The highest BCUT2D eigenvalue weighted by atomic mass is 19.1. The monoisotopic (exact) mass is 282 g/mol. The van der Waals surface area contributed by atoms with Gasteiger partial charge in [0, 0.05) is 6.07 Å². The van der Waals surface area contributed by atoms with Gasteiger partial charge in [0.05, 0.1) is 6.42 Å². The largest absolute Gasteiger partial charge is 0.481 e. The minimum atomic E-state index is -0.789. The fraction of sp³-hybridized carbons (Fsp3) is 0.562. The maximum absolute atomic E-state index is 13.7. The number of benzene rings is 1. The molecular formula is C16H20F2O2. The Kier molecular flexibility index (Phi) is 4.41. The van der Waals surface area contributed by atoms with Crippen LogP contribution in [0.1, 0.15) is 49.7 Å². The third-order valence-corrected chi connectivity index (χ3v) is 4.44. The minimum absolute atomic E-state index is 0.148. The van der Waals surface area contributed by atoms with Crippen LogP contribution in [-0.4, -0.2) is 11.1 Å². The summed E-state index contributed by atoms with van der Waals surface area (Å²) in [6.45, 7) is 1.61. The third kappa shape index (κ3) is 3.35. The lowest BCUT2D eigenvalue weighted by atomic mass is 9.77. The van der Waals surface area contributed by atoms with Crippen LogP contribution in [0, 0.1) is 24.0 Å². The van der Waals surface area contributed by atoms with Crippen LogP contribution in [0.2, 0.25) is 0 Å². The Morgan fingerprint density at radius 1 is 1.25 bits per heavy atom. The first kappa shape index (κ1) is 14.9. The number of carbonyl (C=O) groups is 1. The Hall–Kier alpha value is -1.45. The molecule has 1 aromatic carbocycles. The van der Waals surface area contributed by atoms with Gasteiger partial charge in [-0.3, -0.25) is 4.79 Å². The van der Waals surface area contributed by atoms with E-state index in [0.717, 1.165) is 31.7 Å². The van der Waals surface area contributed by atoms with E-state index in [1.54, 1.807) is 6.92 Å². The van der Waals surface area contributed by atoms with Gasteiger partial charge < -0.3 is 5.11 Å². The van der Waals surface area contributed by atoms with Crippen LogP contribution in [-0.2, 0) is 11.2 Å². The smallest absolute Gasteiger partial charge is 0.303 e. The molecule has 0 unspecified atom stereocenters. The van der Waals surface area contributed by atoms with Crippen molar-refractivity contribution in [3.05, 3.63) is 34.9 Å². The summed E-state index contributed by atoms with van der Waals surface area (Å²) in [5.41, 5.74) is 0.710. The van der Waals surface area contributed by atoms with Crippen molar-refractivity contribution in [1.82, 2.24) is 0 Å². The molecule has 2 rings (SSSR count). The zero-order valence-electron chi connectivity index (χ0n) is 11.7. The summed E-state index contributed by atoms with van der Waals surface area (Å²) >= 11 is 0. The van der Waals surface area contributed by atoms with Crippen LogP contribution < -0.4 is 0 Å². The summed E-state index contributed by atoms with van der Waals surface area (Å²) < 4.78 is 27.0. The number of hydrogen-bond acceptors (Lipinski definition) is 1. The van der Waals surface area contributed by atoms with Crippen molar-refractivity contribution in [2.75, 3.05) is 0 Å². The quantitative estimate of drug-likeness (QED) is 0.877. The number of aliphatic carboxylic acids is 1. The lowest BCUT2D eigenvalue weighted by molar-refractivity contribution is -0.139. The molecule has 0 bridgehead atoms. The van der Waals surface area contributed by atoms with Gasteiger partial charge in [-0.1, -0.05) is 18.9 Å². The van der Waals surface area contributed by atoms with Gasteiger partial charge in [-0.05, 0) is 49.1 Å². The molecule has 4 heteroatoms. The molecule has 1 fully saturated rings. The SMILES string of the molecule is Cc1cc(CCC2(CC(=O)O)CCCC2)c(F)cc1F. The summed E-state index contributed by atoms with van der Waals surface area (Å²) in [7, 11) is 0. The summed E-state index contributed by atoms with van der Waals surface area (Å²) in [4.78, 5) is 11.0. The molecular weight excluding hydrogens is 262 g/mol. The topological polar surface area (TPSA) is 37.3 Å². The molecule has 0 saturated heterocycles. The van der Waals surface area contributed by atoms with Crippen LogP contribution in [0.4, 0.5) is 8.78 Å². The fourth-order valence-corrected chi connectivity index (χ4v) is 3.27. The average molecular weight is 282 g/mol. The number of carboxylic acid groups (broad SMARTS) is 1. The predicted molar refractivity (Wildman–Crippen MR) is 72.6 cm³/mol. The lowest BCUT2D eigenvalue weighted by Crippen LogP contribution is -2.22. The molecule has 20 heavy (non-hydrogen) atoms. The van der Waals surface area contributed by atoms with E-state index in [1.807, 2.05) is 0 Å². The first-order chi connectivity index (χ1) is 9.42. The van der Waals surface area contributed by atoms with Crippen LogP contribution in [0.3, 0.4) is 0 Å². The standard InChI is InChI=1S/C16H20F2O2/c1-11-8-12(14(18)9-13(11)17)4-7-16(10-15(19)20)5-2-3-6-16/h8-9H,2-7,10H2,1H3,(H,19,20). The second-order valence-electron chi connectivity index (χ2n) is 5.97. The van der Waals surface area contributed by atoms with Crippen LogP contribution >= 0.6 is 0 Å². The van der Waals surface area contributed by atoms with Crippen molar-refractivity contribution in [3.8, 4) is 0 Å². The van der Waals surface area contributed by atoms with Gasteiger partial charge in [-0.15, -0.1) is 0 Å². The molecule has 0 amide bonds. The minimum Gasteiger partial charge on any atom is -0.481 e.